The molecule has 1 fully saturated rings. The molecular formula is C14H20BrN3O. The molecule has 2 heterocycles. The van der Waals surface area contributed by atoms with Crippen LogP contribution < -0.4 is 4.90 Å². The van der Waals surface area contributed by atoms with Crippen molar-refractivity contribution in [1.29, 1.82) is 0 Å². The highest BCUT2D eigenvalue weighted by molar-refractivity contribution is 9.10. The lowest BCUT2D eigenvalue weighted by Crippen LogP contribution is -2.37. The average Bonchev–Trinajstić information content (AvgIpc) is 2.56. The molecule has 1 aliphatic heterocycles. The summed E-state index contributed by atoms with van der Waals surface area (Å²) in [4.78, 5) is 20.8. The van der Waals surface area contributed by atoms with Gasteiger partial charge in [-0.1, -0.05) is 6.92 Å². The number of nitrogens with zero attached hydrogens (tertiary/aromatic N) is 3. The van der Waals surface area contributed by atoms with Crippen molar-refractivity contribution in [2.24, 2.45) is 0 Å². The Hall–Kier alpha value is -1.10. The standard InChI is InChI=1S/C14H20BrN3O/c1-3-7-17-8-4-9-18(10-14(17)19)13-6-5-12(15)11(2)16-13/h5-6H,3-4,7-10H2,1-2H3. The van der Waals surface area contributed by atoms with Crippen LogP contribution in [0.25, 0.3) is 0 Å². The van der Waals surface area contributed by atoms with E-state index in [0.29, 0.717) is 6.54 Å². The Morgan fingerprint density at radius 2 is 2.16 bits per heavy atom. The molecule has 0 spiro atoms. The second-order valence-electron chi connectivity index (χ2n) is 4.89. The molecule has 1 aliphatic rings. The van der Waals surface area contributed by atoms with Crippen molar-refractivity contribution in [1.82, 2.24) is 9.88 Å². The summed E-state index contributed by atoms with van der Waals surface area (Å²) in [5, 5.41) is 0. The third kappa shape index (κ3) is 3.47. The molecule has 0 atom stereocenters. The minimum atomic E-state index is 0.210. The van der Waals surface area contributed by atoms with Gasteiger partial charge in [0.15, 0.2) is 0 Å². The smallest absolute Gasteiger partial charge is 0.242 e. The quantitative estimate of drug-likeness (QED) is 0.857. The van der Waals surface area contributed by atoms with Crippen LogP contribution in [0, 0.1) is 6.92 Å². The predicted octanol–water partition coefficient (Wildman–Crippen LogP) is 2.60. The van der Waals surface area contributed by atoms with Crippen molar-refractivity contribution in [2.45, 2.75) is 26.7 Å². The molecule has 0 N–H and O–H groups in total. The van der Waals surface area contributed by atoms with Gasteiger partial charge in [0, 0.05) is 24.1 Å². The number of rotatable bonds is 3. The summed E-state index contributed by atoms with van der Waals surface area (Å²) in [6.07, 6.45) is 2.02. The molecule has 104 valence electrons. The highest BCUT2D eigenvalue weighted by Gasteiger charge is 2.22. The Morgan fingerprint density at radius 3 is 2.84 bits per heavy atom. The summed E-state index contributed by atoms with van der Waals surface area (Å²) >= 11 is 3.45. The third-order valence-corrected chi connectivity index (χ3v) is 4.20. The second-order valence-corrected chi connectivity index (χ2v) is 5.75. The van der Waals surface area contributed by atoms with Gasteiger partial charge in [-0.05, 0) is 47.8 Å². The maximum absolute atomic E-state index is 12.2. The molecule has 1 saturated heterocycles. The Bertz CT molecular complexity index is 464. The predicted molar refractivity (Wildman–Crippen MR) is 80.4 cm³/mol. The molecule has 1 aromatic rings. The maximum atomic E-state index is 12.2. The van der Waals surface area contributed by atoms with Gasteiger partial charge in [-0.25, -0.2) is 4.98 Å². The fourth-order valence-electron chi connectivity index (χ4n) is 2.33. The van der Waals surface area contributed by atoms with E-state index in [9.17, 15) is 4.79 Å². The van der Waals surface area contributed by atoms with Crippen molar-refractivity contribution in [3.63, 3.8) is 0 Å². The van der Waals surface area contributed by atoms with E-state index in [2.05, 4.69) is 32.7 Å². The van der Waals surface area contributed by atoms with E-state index in [1.807, 2.05) is 24.0 Å². The highest BCUT2D eigenvalue weighted by Crippen LogP contribution is 2.20. The van der Waals surface area contributed by atoms with Gasteiger partial charge < -0.3 is 9.80 Å². The molecule has 1 amide bonds. The fourth-order valence-corrected chi connectivity index (χ4v) is 2.55. The van der Waals surface area contributed by atoms with Crippen LogP contribution in [0.1, 0.15) is 25.5 Å². The lowest BCUT2D eigenvalue weighted by atomic mass is 10.3. The molecule has 0 unspecified atom stereocenters. The van der Waals surface area contributed by atoms with Crippen LogP contribution in [0.2, 0.25) is 0 Å². The number of pyridine rings is 1. The zero-order chi connectivity index (χ0) is 13.8. The molecule has 0 aliphatic carbocycles. The van der Waals surface area contributed by atoms with Gasteiger partial charge in [0.05, 0.1) is 12.2 Å². The Balaban J connectivity index is 2.13. The molecule has 4 nitrogen and oxygen atoms in total. The van der Waals surface area contributed by atoms with Crippen molar-refractivity contribution in [3.05, 3.63) is 22.3 Å². The number of carbonyl (C=O) groups excluding carboxylic acids is 1. The summed E-state index contributed by atoms with van der Waals surface area (Å²) in [7, 11) is 0. The molecule has 0 saturated carbocycles. The van der Waals surface area contributed by atoms with Gasteiger partial charge in [-0.2, -0.15) is 0 Å². The molecule has 0 bridgehead atoms. The van der Waals surface area contributed by atoms with E-state index in [1.165, 1.54) is 0 Å². The van der Waals surface area contributed by atoms with Gasteiger partial charge in [0.1, 0.15) is 5.82 Å². The Morgan fingerprint density at radius 1 is 1.37 bits per heavy atom. The number of aromatic nitrogens is 1. The second kappa shape index (κ2) is 6.37. The van der Waals surface area contributed by atoms with E-state index in [0.717, 1.165) is 48.5 Å². The summed E-state index contributed by atoms with van der Waals surface area (Å²) in [6.45, 7) is 7.12. The fraction of sp³-hybridized carbons (Fsp3) is 0.571. The zero-order valence-electron chi connectivity index (χ0n) is 11.5. The molecular weight excluding hydrogens is 306 g/mol. The van der Waals surface area contributed by atoms with Crippen molar-refractivity contribution in [3.8, 4) is 0 Å². The first kappa shape index (κ1) is 14.3. The Labute approximate surface area is 122 Å². The molecule has 1 aromatic heterocycles. The van der Waals surface area contributed by atoms with Gasteiger partial charge in [-0.3, -0.25) is 4.79 Å². The van der Waals surface area contributed by atoms with E-state index < -0.39 is 0 Å². The first-order chi connectivity index (χ1) is 9.11. The number of halogens is 1. The zero-order valence-corrected chi connectivity index (χ0v) is 13.1. The number of anilines is 1. The van der Waals surface area contributed by atoms with Crippen LogP contribution in [0.3, 0.4) is 0 Å². The van der Waals surface area contributed by atoms with Crippen LogP contribution in [0.15, 0.2) is 16.6 Å². The van der Waals surface area contributed by atoms with Crippen LogP contribution in [-0.4, -0.2) is 42.0 Å². The Kier molecular flexibility index (Phi) is 4.80. The molecule has 5 heteroatoms. The first-order valence-electron chi connectivity index (χ1n) is 6.77. The normalized spacial score (nSPS) is 16.7. The minimum absolute atomic E-state index is 0.210. The van der Waals surface area contributed by atoms with E-state index in [-0.39, 0.29) is 5.91 Å². The average molecular weight is 326 g/mol. The number of hydrogen-bond acceptors (Lipinski definition) is 3. The molecule has 2 rings (SSSR count). The summed E-state index contributed by atoms with van der Waals surface area (Å²) in [5.74, 6) is 1.11. The maximum Gasteiger partial charge on any atom is 0.242 e. The first-order valence-corrected chi connectivity index (χ1v) is 7.57. The van der Waals surface area contributed by atoms with Crippen molar-refractivity contribution in [2.75, 3.05) is 31.1 Å². The van der Waals surface area contributed by atoms with E-state index in [1.54, 1.807) is 0 Å². The number of carbonyl (C=O) groups is 1. The minimum Gasteiger partial charge on any atom is -0.347 e. The molecule has 0 aromatic carbocycles. The van der Waals surface area contributed by atoms with Gasteiger partial charge in [-0.15, -0.1) is 0 Å². The van der Waals surface area contributed by atoms with Crippen molar-refractivity contribution >= 4 is 27.7 Å². The summed E-state index contributed by atoms with van der Waals surface area (Å²) in [6, 6.07) is 3.97. The van der Waals surface area contributed by atoms with Crippen LogP contribution in [0.4, 0.5) is 5.82 Å². The highest BCUT2D eigenvalue weighted by atomic mass is 79.9. The van der Waals surface area contributed by atoms with Crippen molar-refractivity contribution < 1.29 is 4.79 Å². The lowest BCUT2D eigenvalue weighted by molar-refractivity contribution is -0.129. The SMILES string of the molecule is CCCN1CCCN(c2ccc(Br)c(C)n2)CC1=O. The number of aryl methyl sites for hydroxylation is 1. The van der Waals surface area contributed by atoms with Crippen LogP contribution in [-0.2, 0) is 4.79 Å². The van der Waals surface area contributed by atoms with E-state index >= 15 is 0 Å². The van der Waals surface area contributed by atoms with E-state index in [4.69, 9.17) is 0 Å². The van der Waals surface area contributed by atoms with Gasteiger partial charge in [0.2, 0.25) is 5.91 Å². The molecule has 0 radical (unpaired) electrons. The number of amides is 1. The monoisotopic (exact) mass is 325 g/mol. The van der Waals surface area contributed by atoms with Crippen LogP contribution in [0.5, 0.6) is 0 Å². The summed E-state index contributed by atoms with van der Waals surface area (Å²) in [5.41, 5.74) is 0.958. The largest absolute Gasteiger partial charge is 0.347 e. The lowest BCUT2D eigenvalue weighted by Gasteiger charge is -2.22. The molecule has 19 heavy (non-hydrogen) atoms. The van der Waals surface area contributed by atoms with Gasteiger partial charge >= 0.3 is 0 Å². The van der Waals surface area contributed by atoms with Crippen LogP contribution >= 0.6 is 15.9 Å². The topological polar surface area (TPSA) is 36.4 Å². The number of hydrogen-bond donors (Lipinski definition) is 0. The summed E-state index contributed by atoms with van der Waals surface area (Å²) < 4.78 is 1.00. The van der Waals surface area contributed by atoms with Gasteiger partial charge in [0.25, 0.3) is 0 Å². The third-order valence-electron chi connectivity index (χ3n) is 3.36.